The van der Waals surface area contributed by atoms with Crippen molar-refractivity contribution in [1.29, 1.82) is 0 Å². The first-order valence-corrected chi connectivity index (χ1v) is 7.57. The van der Waals surface area contributed by atoms with Crippen molar-refractivity contribution in [1.82, 2.24) is 10.3 Å². The first-order valence-electron chi connectivity index (χ1n) is 6.69. The molecule has 21 heavy (non-hydrogen) atoms. The quantitative estimate of drug-likeness (QED) is 0.462. The zero-order valence-corrected chi connectivity index (χ0v) is 12.9. The number of nitrogens with zero attached hydrogens (tertiary/aromatic N) is 1. The lowest BCUT2D eigenvalue weighted by atomic mass is 10.3. The molecular weight excluding hydrogens is 290 g/mol. The maximum atomic E-state index is 11.9. The fourth-order valence-electron chi connectivity index (χ4n) is 1.75. The number of benzene rings is 1. The van der Waals surface area contributed by atoms with E-state index in [0.717, 1.165) is 6.42 Å². The van der Waals surface area contributed by atoms with Gasteiger partial charge in [-0.2, -0.15) is 0 Å². The summed E-state index contributed by atoms with van der Waals surface area (Å²) >= 11 is 1.29. The first-order chi connectivity index (χ1) is 10.1. The maximum Gasteiger partial charge on any atom is 0.257 e. The molecule has 1 aromatic heterocycles. The highest BCUT2D eigenvalue weighted by Crippen LogP contribution is 2.27. The van der Waals surface area contributed by atoms with Crippen molar-refractivity contribution in [2.45, 2.75) is 23.8 Å². The van der Waals surface area contributed by atoms with Crippen molar-refractivity contribution < 1.29 is 13.9 Å². The summed E-state index contributed by atoms with van der Waals surface area (Å²) < 4.78 is 10.5. The Labute approximate surface area is 127 Å². The molecule has 1 amide bonds. The Kier molecular flexibility index (Phi) is 5.46. The molecular formula is C14H19N3O3S. The molecule has 1 atom stereocenters. The number of rotatable bonds is 7. The van der Waals surface area contributed by atoms with Crippen LogP contribution in [0.3, 0.4) is 0 Å². The highest BCUT2D eigenvalue weighted by Gasteiger charge is 2.17. The van der Waals surface area contributed by atoms with Gasteiger partial charge in [0.1, 0.15) is 5.52 Å². The van der Waals surface area contributed by atoms with Crippen LogP contribution in [0.2, 0.25) is 0 Å². The van der Waals surface area contributed by atoms with E-state index in [2.05, 4.69) is 10.3 Å². The molecule has 1 heterocycles. The van der Waals surface area contributed by atoms with Gasteiger partial charge in [-0.15, -0.1) is 0 Å². The second-order valence-electron chi connectivity index (χ2n) is 4.60. The highest BCUT2D eigenvalue weighted by molar-refractivity contribution is 8.00. The molecule has 6 nitrogen and oxygen atoms in total. The number of carbonyl (C=O) groups is 1. The Morgan fingerprint density at radius 3 is 3.14 bits per heavy atom. The van der Waals surface area contributed by atoms with Gasteiger partial charge in [0.2, 0.25) is 5.91 Å². The van der Waals surface area contributed by atoms with Gasteiger partial charge >= 0.3 is 0 Å². The van der Waals surface area contributed by atoms with E-state index in [1.807, 2.05) is 6.92 Å². The summed E-state index contributed by atoms with van der Waals surface area (Å²) in [6.07, 6.45) is 0.793. The van der Waals surface area contributed by atoms with Gasteiger partial charge < -0.3 is 20.2 Å². The molecule has 7 heteroatoms. The second kappa shape index (κ2) is 7.33. The van der Waals surface area contributed by atoms with E-state index in [9.17, 15) is 4.79 Å². The van der Waals surface area contributed by atoms with Crippen LogP contribution in [-0.4, -0.2) is 36.4 Å². The van der Waals surface area contributed by atoms with Gasteiger partial charge in [0.05, 0.1) is 5.25 Å². The molecule has 3 N–H and O–H groups in total. The Hall–Kier alpha value is -1.73. The smallest absolute Gasteiger partial charge is 0.257 e. The number of anilines is 1. The number of thioether (sulfide) groups is 1. The van der Waals surface area contributed by atoms with Crippen LogP contribution < -0.4 is 11.1 Å². The van der Waals surface area contributed by atoms with Gasteiger partial charge in [-0.05, 0) is 31.5 Å². The van der Waals surface area contributed by atoms with E-state index >= 15 is 0 Å². The third kappa shape index (κ3) is 4.37. The van der Waals surface area contributed by atoms with Crippen LogP contribution >= 0.6 is 11.8 Å². The SMILES string of the molecule is COCCCNC(=O)C(C)Sc1nc2cc(N)ccc2o1. The summed E-state index contributed by atoms with van der Waals surface area (Å²) in [5.74, 6) is -0.0436. The van der Waals surface area contributed by atoms with Crippen LogP contribution in [0.1, 0.15) is 13.3 Å². The van der Waals surface area contributed by atoms with Crippen molar-refractivity contribution in [3.63, 3.8) is 0 Å². The van der Waals surface area contributed by atoms with E-state index in [1.54, 1.807) is 25.3 Å². The summed E-state index contributed by atoms with van der Waals surface area (Å²) in [4.78, 5) is 16.2. The predicted molar refractivity (Wildman–Crippen MR) is 83.2 cm³/mol. The fraction of sp³-hybridized carbons (Fsp3) is 0.429. The highest BCUT2D eigenvalue weighted by atomic mass is 32.2. The number of aromatic nitrogens is 1. The van der Waals surface area contributed by atoms with Crippen molar-refractivity contribution in [2.24, 2.45) is 0 Å². The molecule has 2 rings (SSSR count). The maximum absolute atomic E-state index is 11.9. The van der Waals surface area contributed by atoms with Crippen LogP contribution in [-0.2, 0) is 9.53 Å². The summed E-state index contributed by atoms with van der Waals surface area (Å²) in [5.41, 5.74) is 7.70. The summed E-state index contributed by atoms with van der Waals surface area (Å²) in [6, 6.07) is 5.28. The Balaban J connectivity index is 1.91. The van der Waals surface area contributed by atoms with Crippen molar-refractivity contribution in [2.75, 3.05) is 26.0 Å². The zero-order valence-electron chi connectivity index (χ0n) is 12.1. The summed E-state index contributed by atoms with van der Waals surface area (Å²) in [7, 11) is 1.64. The molecule has 114 valence electrons. The van der Waals surface area contributed by atoms with E-state index in [4.69, 9.17) is 14.9 Å². The van der Waals surface area contributed by atoms with E-state index in [1.165, 1.54) is 11.8 Å². The fourth-order valence-corrected chi connectivity index (χ4v) is 2.53. The number of nitrogen functional groups attached to an aromatic ring is 1. The lowest BCUT2D eigenvalue weighted by molar-refractivity contribution is -0.120. The molecule has 0 bridgehead atoms. The average molecular weight is 309 g/mol. The topological polar surface area (TPSA) is 90.4 Å². The normalized spacial score (nSPS) is 12.5. The number of hydrogen-bond donors (Lipinski definition) is 2. The molecule has 0 spiro atoms. The lowest BCUT2D eigenvalue weighted by Crippen LogP contribution is -2.32. The number of oxazole rings is 1. The van der Waals surface area contributed by atoms with Crippen LogP contribution in [0, 0.1) is 0 Å². The van der Waals surface area contributed by atoms with Crippen molar-refractivity contribution in [3.8, 4) is 0 Å². The van der Waals surface area contributed by atoms with E-state index < -0.39 is 0 Å². The second-order valence-corrected chi connectivity index (χ2v) is 5.90. The number of fused-ring (bicyclic) bond motifs is 1. The largest absolute Gasteiger partial charge is 0.431 e. The van der Waals surface area contributed by atoms with Crippen LogP contribution in [0.25, 0.3) is 11.1 Å². The minimum atomic E-state index is -0.280. The summed E-state index contributed by atoms with van der Waals surface area (Å²) in [6.45, 7) is 3.05. The molecule has 0 fully saturated rings. The third-order valence-corrected chi connectivity index (χ3v) is 3.81. The summed E-state index contributed by atoms with van der Waals surface area (Å²) in [5, 5.41) is 3.04. The number of nitrogens with one attached hydrogen (secondary N) is 1. The lowest BCUT2D eigenvalue weighted by Gasteiger charge is -2.09. The van der Waals surface area contributed by atoms with Gasteiger partial charge in [-0.1, -0.05) is 11.8 Å². The minimum Gasteiger partial charge on any atom is -0.431 e. The number of ether oxygens (including phenoxy) is 1. The van der Waals surface area contributed by atoms with E-state index in [-0.39, 0.29) is 11.2 Å². The van der Waals surface area contributed by atoms with Gasteiger partial charge in [0.15, 0.2) is 5.58 Å². The van der Waals surface area contributed by atoms with Gasteiger partial charge in [0, 0.05) is 25.9 Å². The van der Waals surface area contributed by atoms with E-state index in [0.29, 0.717) is 35.2 Å². The number of amides is 1. The van der Waals surface area contributed by atoms with Crippen molar-refractivity contribution >= 4 is 34.5 Å². The first kappa shape index (κ1) is 15.7. The number of nitrogens with two attached hydrogens (primary N) is 1. The standard InChI is InChI=1S/C14H19N3O3S/c1-9(13(18)16-6-3-7-19-2)21-14-17-11-8-10(15)4-5-12(11)20-14/h4-5,8-9H,3,6-7,15H2,1-2H3,(H,16,18). The molecule has 0 aliphatic heterocycles. The monoisotopic (exact) mass is 309 g/mol. The molecule has 1 aromatic carbocycles. The molecule has 0 saturated carbocycles. The Morgan fingerprint density at radius 2 is 2.38 bits per heavy atom. The predicted octanol–water partition coefficient (Wildman–Crippen LogP) is 2.04. The van der Waals surface area contributed by atoms with Crippen LogP contribution in [0.5, 0.6) is 0 Å². The van der Waals surface area contributed by atoms with Gasteiger partial charge in [-0.3, -0.25) is 4.79 Å². The molecule has 2 aromatic rings. The van der Waals surface area contributed by atoms with Gasteiger partial charge in [0.25, 0.3) is 5.22 Å². The van der Waals surface area contributed by atoms with Crippen LogP contribution in [0.4, 0.5) is 5.69 Å². The zero-order chi connectivity index (χ0) is 15.2. The van der Waals surface area contributed by atoms with Crippen molar-refractivity contribution in [3.05, 3.63) is 18.2 Å². The molecule has 0 saturated heterocycles. The minimum absolute atomic E-state index is 0.0436. The molecule has 1 unspecified atom stereocenters. The average Bonchev–Trinajstić information content (AvgIpc) is 2.84. The number of methoxy groups -OCH3 is 1. The Morgan fingerprint density at radius 1 is 1.57 bits per heavy atom. The number of carbonyl (C=O) groups excluding carboxylic acids is 1. The molecule has 0 radical (unpaired) electrons. The van der Waals surface area contributed by atoms with Gasteiger partial charge in [-0.25, -0.2) is 4.98 Å². The Bertz CT molecular complexity index is 615. The molecule has 0 aliphatic rings. The number of hydrogen-bond acceptors (Lipinski definition) is 6. The molecule has 0 aliphatic carbocycles. The third-order valence-electron chi connectivity index (χ3n) is 2.86. The van der Waals surface area contributed by atoms with Crippen LogP contribution in [0.15, 0.2) is 27.8 Å².